The Morgan fingerprint density at radius 2 is 2.20 bits per heavy atom. The smallest absolute Gasteiger partial charge is 0.141 e. The fraction of sp³-hybridized carbons (Fsp3) is 0.500. The SMILES string of the molecule is CC(C)CC(=O)CCc1cncc(F)c1. The minimum Gasteiger partial charge on any atom is -0.300 e. The molecule has 2 nitrogen and oxygen atoms in total. The van der Waals surface area contributed by atoms with Gasteiger partial charge in [0.15, 0.2) is 0 Å². The summed E-state index contributed by atoms with van der Waals surface area (Å²) in [5.74, 6) is 0.279. The normalized spacial score (nSPS) is 10.7. The molecule has 0 radical (unpaired) electrons. The Bertz CT molecular complexity index is 336. The molecule has 0 aromatic carbocycles. The number of hydrogen-bond acceptors (Lipinski definition) is 2. The molecule has 0 unspecified atom stereocenters. The maximum Gasteiger partial charge on any atom is 0.141 e. The summed E-state index contributed by atoms with van der Waals surface area (Å²) in [6, 6.07) is 1.43. The van der Waals surface area contributed by atoms with Crippen LogP contribution in [0.25, 0.3) is 0 Å². The standard InChI is InChI=1S/C12H16FNO/c1-9(2)5-12(15)4-3-10-6-11(13)8-14-7-10/h6-9H,3-5H2,1-2H3. The zero-order valence-electron chi connectivity index (χ0n) is 9.16. The Kier molecular flexibility index (Phi) is 4.40. The van der Waals surface area contributed by atoms with Crippen LogP contribution < -0.4 is 0 Å². The molecule has 1 aromatic heterocycles. The van der Waals surface area contributed by atoms with Gasteiger partial charge in [0.1, 0.15) is 11.6 Å². The highest BCUT2D eigenvalue weighted by molar-refractivity contribution is 5.78. The van der Waals surface area contributed by atoms with E-state index in [2.05, 4.69) is 4.98 Å². The maximum absolute atomic E-state index is 12.8. The highest BCUT2D eigenvalue weighted by Crippen LogP contribution is 2.08. The lowest BCUT2D eigenvalue weighted by Gasteiger charge is -2.03. The number of Topliss-reactive ketones (excluding diaryl/α,β-unsaturated/α-hetero) is 1. The average molecular weight is 209 g/mol. The molecule has 0 saturated heterocycles. The van der Waals surface area contributed by atoms with Gasteiger partial charge < -0.3 is 0 Å². The summed E-state index contributed by atoms with van der Waals surface area (Å²) in [5.41, 5.74) is 0.784. The van der Waals surface area contributed by atoms with Gasteiger partial charge in [-0.3, -0.25) is 9.78 Å². The number of pyridine rings is 1. The Morgan fingerprint density at radius 3 is 2.80 bits per heavy atom. The van der Waals surface area contributed by atoms with Gasteiger partial charge in [-0.15, -0.1) is 0 Å². The molecule has 0 saturated carbocycles. The molecule has 0 spiro atoms. The van der Waals surface area contributed by atoms with Crippen LogP contribution in [-0.4, -0.2) is 10.8 Å². The molecule has 0 aliphatic carbocycles. The number of rotatable bonds is 5. The third kappa shape index (κ3) is 4.68. The molecule has 1 heterocycles. The second-order valence-corrected chi connectivity index (χ2v) is 4.15. The van der Waals surface area contributed by atoms with E-state index in [1.807, 2.05) is 13.8 Å². The second-order valence-electron chi connectivity index (χ2n) is 4.15. The summed E-state index contributed by atoms with van der Waals surface area (Å²) in [5, 5.41) is 0. The van der Waals surface area contributed by atoms with Crippen LogP contribution >= 0.6 is 0 Å². The summed E-state index contributed by atoms with van der Waals surface area (Å²) in [6.45, 7) is 4.03. The summed E-state index contributed by atoms with van der Waals surface area (Å²) >= 11 is 0. The van der Waals surface area contributed by atoms with Crippen molar-refractivity contribution in [1.29, 1.82) is 0 Å². The number of aromatic nitrogens is 1. The number of carbonyl (C=O) groups excluding carboxylic acids is 1. The molecular formula is C12H16FNO. The van der Waals surface area contributed by atoms with Crippen LogP contribution in [0.2, 0.25) is 0 Å². The largest absolute Gasteiger partial charge is 0.300 e. The van der Waals surface area contributed by atoms with Crippen LogP contribution in [0.1, 0.15) is 32.3 Å². The maximum atomic E-state index is 12.8. The van der Waals surface area contributed by atoms with Gasteiger partial charge in [-0.2, -0.15) is 0 Å². The van der Waals surface area contributed by atoms with E-state index in [1.165, 1.54) is 12.3 Å². The quantitative estimate of drug-likeness (QED) is 0.746. The van der Waals surface area contributed by atoms with E-state index in [1.54, 1.807) is 6.20 Å². The first-order chi connectivity index (χ1) is 7.08. The van der Waals surface area contributed by atoms with Crippen molar-refractivity contribution in [2.75, 3.05) is 0 Å². The van der Waals surface area contributed by atoms with Crippen LogP contribution in [0.3, 0.4) is 0 Å². The molecule has 0 aliphatic heterocycles. The zero-order valence-corrected chi connectivity index (χ0v) is 9.16. The monoisotopic (exact) mass is 209 g/mol. The Balaban J connectivity index is 2.40. The number of nitrogens with zero attached hydrogens (tertiary/aromatic N) is 1. The first kappa shape index (κ1) is 11.8. The summed E-state index contributed by atoms with van der Waals surface area (Å²) in [4.78, 5) is 15.1. The highest BCUT2D eigenvalue weighted by atomic mass is 19.1. The number of halogens is 1. The Morgan fingerprint density at radius 1 is 1.47 bits per heavy atom. The van der Waals surface area contributed by atoms with Crippen LogP contribution in [-0.2, 0) is 11.2 Å². The predicted molar refractivity (Wildman–Crippen MR) is 57.0 cm³/mol. The summed E-state index contributed by atoms with van der Waals surface area (Å²) in [7, 11) is 0. The third-order valence-corrected chi connectivity index (χ3v) is 2.09. The fourth-order valence-electron chi connectivity index (χ4n) is 1.43. The first-order valence-corrected chi connectivity index (χ1v) is 5.19. The molecule has 15 heavy (non-hydrogen) atoms. The topological polar surface area (TPSA) is 30.0 Å². The summed E-state index contributed by atoms with van der Waals surface area (Å²) in [6.07, 6.45) is 4.42. The van der Waals surface area contributed by atoms with E-state index in [0.717, 1.165) is 5.56 Å². The number of carbonyl (C=O) groups is 1. The van der Waals surface area contributed by atoms with Crippen molar-refractivity contribution in [1.82, 2.24) is 4.98 Å². The second kappa shape index (κ2) is 5.59. The molecule has 0 bridgehead atoms. The first-order valence-electron chi connectivity index (χ1n) is 5.19. The lowest BCUT2D eigenvalue weighted by molar-refractivity contribution is -0.119. The molecule has 3 heteroatoms. The van der Waals surface area contributed by atoms with Crippen molar-refractivity contribution < 1.29 is 9.18 Å². The van der Waals surface area contributed by atoms with E-state index < -0.39 is 0 Å². The molecule has 1 rings (SSSR count). The minimum absolute atomic E-state index is 0.231. The van der Waals surface area contributed by atoms with Crippen molar-refractivity contribution in [2.24, 2.45) is 5.92 Å². The Hall–Kier alpha value is -1.25. The zero-order chi connectivity index (χ0) is 11.3. The van der Waals surface area contributed by atoms with Crippen LogP contribution in [0.4, 0.5) is 4.39 Å². The van der Waals surface area contributed by atoms with Crippen molar-refractivity contribution in [2.45, 2.75) is 33.1 Å². The van der Waals surface area contributed by atoms with Crippen molar-refractivity contribution in [3.63, 3.8) is 0 Å². The van der Waals surface area contributed by atoms with Gasteiger partial charge >= 0.3 is 0 Å². The number of hydrogen-bond donors (Lipinski definition) is 0. The van der Waals surface area contributed by atoms with E-state index in [-0.39, 0.29) is 11.6 Å². The lowest BCUT2D eigenvalue weighted by Crippen LogP contribution is -2.04. The summed E-state index contributed by atoms with van der Waals surface area (Å²) < 4.78 is 12.8. The van der Waals surface area contributed by atoms with Crippen molar-refractivity contribution >= 4 is 5.78 Å². The molecular weight excluding hydrogens is 193 g/mol. The number of aryl methyl sites for hydroxylation is 1. The molecule has 0 fully saturated rings. The molecule has 0 atom stereocenters. The van der Waals surface area contributed by atoms with Gasteiger partial charge in [0, 0.05) is 19.0 Å². The van der Waals surface area contributed by atoms with Crippen LogP contribution in [0, 0.1) is 11.7 Å². The lowest BCUT2D eigenvalue weighted by atomic mass is 10.0. The highest BCUT2D eigenvalue weighted by Gasteiger charge is 2.05. The van der Waals surface area contributed by atoms with Crippen molar-refractivity contribution in [3.8, 4) is 0 Å². The van der Waals surface area contributed by atoms with E-state index in [9.17, 15) is 9.18 Å². The fourth-order valence-corrected chi connectivity index (χ4v) is 1.43. The van der Waals surface area contributed by atoms with Gasteiger partial charge in [0.2, 0.25) is 0 Å². The molecule has 0 amide bonds. The minimum atomic E-state index is -0.344. The van der Waals surface area contributed by atoms with Crippen LogP contribution in [0.5, 0.6) is 0 Å². The molecule has 82 valence electrons. The Labute approximate surface area is 89.5 Å². The van der Waals surface area contributed by atoms with E-state index in [0.29, 0.717) is 25.2 Å². The number of ketones is 1. The third-order valence-electron chi connectivity index (χ3n) is 2.09. The van der Waals surface area contributed by atoms with Gasteiger partial charge in [-0.25, -0.2) is 4.39 Å². The predicted octanol–water partition coefficient (Wildman–Crippen LogP) is 2.77. The van der Waals surface area contributed by atoms with Gasteiger partial charge in [-0.05, 0) is 24.0 Å². The van der Waals surface area contributed by atoms with Crippen LogP contribution in [0.15, 0.2) is 18.5 Å². The van der Waals surface area contributed by atoms with Gasteiger partial charge in [-0.1, -0.05) is 13.8 Å². The van der Waals surface area contributed by atoms with Gasteiger partial charge in [0.05, 0.1) is 6.20 Å². The van der Waals surface area contributed by atoms with Gasteiger partial charge in [0.25, 0.3) is 0 Å². The average Bonchev–Trinajstić information content (AvgIpc) is 2.14. The van der Waals surface area contributed by atoms with Crippen molar-refractivity contribution in [3.05, 3.63) is 29.8 Å². The van der Waals surface area contributed by atoms with E-state index in [4.69, 9.17) is 0 Å². The molecule has 1 aromatic rings. The van der Waals surface area contributed by atoms with E-state index >= 15 is 0 Å². The molecule has 0 aliphatic rings. The molecule has 0 N–H and O–H groups in total.